The molecule has 0 amide bonds. The van der Waals surface area contributed by atoms with Crippen LogP contribution in [0.15, 0.2) is 6.20 Å². The van der Waals surface area contributed by atoms with Gasteiger partial charge in [0.25, 0.3) is 0 Å². The van der Waals surface area contributed by atoms with Crippen LogP contribution in [0.1, 0.15) is 25.1 Å². The van der Waals surface area contributed by atoms with Gasteiger partial charge in [-0.2, -0.15) is 0 Å². The zero-order valence-corrected chi connectivity index (χ0v) is 14.4. The minimum absolute atomic E-state index is 0.271. The zero-order valence-electron chi connectivity index (χ0n) is 13.6. The van der Waals surface area contributed by atoms with E-state index in [9.17, 15) is 5.11 Å². The van der Waals surface area contributed by atoms with Crippen molar-refractivity contribution in [3.05, 3.63) is 11.1 Å². The summed E-state index contributed by atoms with van der Waals surface area (Å²) in [5.74, 6) is 0. The number of aromatic nitrogens is 1. The summed E-state index contributed by atoms with van der Waals surface area (Å²) in [7, 11) is 4.06. The van der Waals surface area contributed by atoms with Gasteiger partial charge in [0, 0.05) is 70.0 Å². The minimum Gasteiger partial charge on any atom is -0.396 e. The Morgan fingerprint density at radius 3 is 2.76 bits per heavy atom. The number of anilines is 1. The zero-order chi connectivity index (χ0) is 15.4. The quantitative estimate of drug-likeness (QED) is 0.862. The maximum absolute atomic E-state index is 9.30. The average Bonchev–Trinajstić information content (AvgIpc) is 2.88. The van der Waals surface area contributed by atoms with Crippen LogP contribution in [0.4, 0.5) is 5.13 Å². The number of nitrogens with zero attached hydrogens (tertiary/aromatic N) is 4. The Morgan fingerprint density at radius 1 is 1.43 bits per heavy atom. The van der Waals surface area contributed by atoms with Crippen molar-refractivity contribution in [2.45, 2.75) is 38.9 Å². The summed E-state index contributed by atoms with van der Waals surface area (Å²) in [6.45, 7) is 8.94. The molecule has 0 spiro atoms. The van der Waals surface area contributed by atoms with Gasteiger partial charge in [0.05, 0.1) is 0 Å². The molecule has 0 saturated carbocycles. The molecule has 0 bridgehead atoms. The first kappa shape index (κ1) is 16.7. The van der Waals surface area contributed by atoms with Crippen molar-refractivity contribution >= 4 is 16.5 Å². The van der Waals surface area contributed by atoms with E-state index in [0.29, 0.717) is 12.1 Å². The summed E-state index contributed by atoms with van der Waals surface area (Å²) in [6.07, 6.45) is 2.86. The summed E-state index contributed by atoms with van der Waals surface area (Å²) in [5.41, 5.74) is 0. The Labute approximate surface area is 132 Å². The maximum atomic E-state index is 9.30. The van der Waals surface area contributed by atoms with Gasteiger partial charge >= 0.3 is 0 Å². The number of thiazole rings is 1. The number of aliphatic hydroxyl groups is 1. The lowest BCUT2D eigenvalue weighted by molar-refractivity contribution is 0.0353. The fourth-order valence-electron chi connectivity index (χ4n) is 2.96. The lowest BCUT2D eigenvalue weighted by Gasteiger charge is -2.43. The molecule has 1 aromatic rings. The molecule has 1 unspecified atom stereocenters. The van der Waals surface area contributed by atoms with Crippen molar-refractivity contribution in [1.82, 2.24) is 14.8 Å². The first-order chi connectivity index (χ1) is 10.0. The number of aliphatic hydroxyl groups excluding tert-OH is 1. The van der Waals surface area contributed by atoms with Crippen LogP contribution < -0.4 is 4.90 Å². The predicted molar refractivity (Wildman–Crippen MR) is 89.1 cm³/mol. The van der Waals surface area contributed by atoms with E-state index < -0.39 is 0 Å². The second-order valence-electron chi connectivity index (χ2n) is 6.24. The third kappa shape index (κ3) is 4.39. The van der Waals surface area contributed by atoms with Crippen LogP contribution in [0.2, 0.25) is 0 Å². The summed E-state index contributed by atoms with van der Waals surface area (Å²) in [5, 5.41) is 10.4. The molecule has 1 aliphatic heterocycles. The topological polar surface area (TPSA) is 42.8 Å². The average molecular weight is 312 g/mol. The third-order valence-electron chi connectivity index (χ3n) is 4.04. The Bertz CT molecular complexity index is 435. The molecular formula is C15H28N4OS. The standard InChI is InChI=1S/C15H28N4OS/c1-12(2)19-7-6-18(10-13(19)5-8-20)11-14-9-16-15(21-14)17(3)4/h9,12-13,20H,5-8,10-11H2,1-4H3. The Hall–Kier alpha value is -0.690. The van der Waals surface area contributed by atoms with Crippen molar-refractivity contribution in [3.63, 3.8) is 0 Å². The van der Waals surface area contributed by atoms with E-state index in [-0.39, 0.29) is 6.61 Å². The maximum Gasteiger partial charge on any atom is 0.185 e. The summed E-state index contributed by atoms with van der Waals surface area (Å²) in [4.78, 5) is 12.8. The molecule has 0 radical (unpaired) electrons. The predicted octanol–water partition coefficient (Wildman–Crippen LogP) is 1.49. The van der Waals surface area contributed by atoms with Gasteiger partial charge < -0.3 is 10.0 Å². The first-order valence-corrected chi connectivity index (χ1v) is 8.54. The molecule has 21 heavy (non-hydrogen) atoms. The lowest BCUT2D eigenvalue weighted by Crippen LogP contribution is -2.55. The molecule has 2 rings (SSSR count). The van der Waals surface area contributed by atoms with E-state index in [1.807, 2.05) is 20.3 Å². The van der Waals surface area contributed by atoms with Gasteiger partial charge in [-0.1, -0.05) is 0 Å². The second kappa shape index (κ2) is 7.54. The van der Waals surface area contributed by atoms with Crippen molar-refractivity contribution in [1.29, 1.82) is 0 Å². The normalized spacial score (nSPS) is 21.1. The molecule has 5 nitrogen and oxygen atoms in total. The van der Waals surface area contributed by atoms with Crippen LogP contribution in [0.3, 0.4) is 0 Å². The number of piperazine rings is 1. The minimum atomic E-state index is 0.271. The molecule has 1 saturated heterocycles. The van der Waals surface area contributed by atoms with Gasteiger partial charge in [-0.05, 0) is 20.3 Å². The lowest BCUT2D eigenvalue weighted by atomic mass is 10.1. The number of rotatable bonds is 6. The SMILES string of the molecule is CC(C)N1CCN(Cc2cnc(N(C)C)s2)CC1CCO. The fourth-order valence-corrected chi connectivity index (χ4v) is 3.84. The molecule has 1 aromatic heterocycles. The molecule has 1 fully saturated rings. The van der Waals surface area contributed by atoms with Crippen LogP contribution in [0, 0.1) is 0 Å². The van der Waals surface area contributed by atoms with Crippen molar-refractivity contribution in [2.75, 3.05) is 45.2 Å². The molecular weight excluding hydrogens is 284 g/mol. The highest BCUT2D eigenvalue weighted by Gasteiger charge is 2.28. The fraction of sp³-hybridized carbons (Fsp3) is 0.800. The Balaban J connectivity index is 1.95. The molecule has 6 heteroatoms. The Kier molecular flexibility index (Phi) is 5.98. The van der Waals surface area contributed by atoms with Crippen LogP contribution in [-0.2, 0) is 6.54 Å². The van der Waals surface area contributed by atoms with Gasteiger partial charge in [-0.15, -0.1) is 11.3 Å². The van der Waals surface area contributed by atoms with Gasteiger partial charge in [0.2, 0.25) is 0 Å². The molecule has 0 aromatic carbocycles. The monoisotopic (exact) mass is 312 g/mol. The van der Waals surface area contributed by atoms with E-state index in [4.69, 9.17) is 0 Å². The molecule has 0 aliphatic carbocycles. The molecule has 1 N–H and O–H groups in total. The Morgan fingerprint density at radius 2 is 2.19 bits per heavy atom. The molecule has 1 atom stereocenters. The van der Waals surface area contributed by atoms with E-state index in [2.05, 4.69) is 33.5 Å². The van der Waals surface area contributed by atoms with Gasteiger partial charge in [-0.3, -0.25) is 9.80 Å². The summed E-state index contributed by atoms with van der Waals surface area (Å²) in [6, 6.07) is 1.01. The van der Waals surface area contributed by atoms with Crippen molar-refractivity contribution < 1.29 is 5.11 Å². The summed E-state index contributed by atoms with van der Waals surface area (Å²) < 4.78 is 0. The summed E-state index contributed by atoms with van der Waals surface area (Å²) >= 11 is 1.77. The molecule has 2 heterocycles. The highest BCUT2D eigenvalue weighted by Crippen LogP contribution is 2.23. The van der Waals surface area contributed by atoms with E-state index >= 15 is 0 Å². The van der Waals surface area contributed by atoms with E-state index in [1.54, 1.807) is 11.3 Å². The molecule has 120 valence electrons. The van der Waals surface area contributed by atoms with Gasteiger partial charge in [0.15, 0.2) is 5.13 Å². The van der Waals surface area contributed by atoms with Crippen molar-refractivity contribution in [2.24, 2.45) is 0 Å². The molecule has 1 aliphatic rings. The van der Waals surface area contributed by atoms with Crippen LogP contribution in [-0.4, -0.2) is 72.3 Å². The van der Waals surface area contributed by atoms with E-state index in [0.717, 1.165) is 37.7 Å². The van der Waals surface area contributed by atoms with Gasteiger partial charge in [0.1, 0.15) is 0 Å². The van der Waals surface area contributed by atoms with Crippen LogP contribution >= 0.6 is 11.3 Å². The largest absolute Gasteiger partial charge is 0.396 e. The second-order valence-corrected chi connectivity index (χ2v) is 7.33. The van der Waals surface area contributed by atoms with E-state index in [1.165, 1.54) is 4.88 Å². The first-order valence-electron chi connectivity index (χ1n) is 7.72. The van der Waals surface area contributed by atoms with Crippen molar-refractivity contribution in [3.8, 4) is 0 Å². The third-order valence-corrected chi connectivity index (χ3v) is 5.19. The van der Waals surface area contributed by atoms with Crippen LogP contribution in [0.5, 0.6) is 0 Å². The number of hydrogen-bond acceptors (Lipinski definition) is 6. The highest BCUT2D eigenvalue weighted by molar-refractivity contribution is 7.15. The number of hydrogen-bond donors (Lipinski definition) is 1. The van der Waals surface area contributed by atoms with Gasteiger partial charge in [-0.25, -0.2) is 4.98 Å². The smallest absolute Gasteiger partial charge is 0.185 e. The van der Waals surface area contributed by atoms with Crippen LogP contribution in [0.25, 0.3) is 0 Å². The highest BCUT2D eigenvalue weighted by atomic mass is 32.1.